The maximum atomic E-state index is 13.7. The number of methoxy groups -OCH3 is 1. The molecule has 0 radical (unpaired) electrons. The number of aromatic nitrogens is 2. The number of aromatic hydroxyl groups is 1. The number of anilines is 1. The molecular formula is C27H26N4O3. The maximum Gasteiger partial charge on any atom is 0.273 e. The average Bonchev–Trinajstić information content (AvgIpc) is 2.87. The molecule has 4 aromatic rings. The first-order chi connectivity index (χ1) is 16.5. The molecule has 1 aliphatic rings. The molecule has 7 nitrogen and oxygen atoms in total. The van der Waals surface area contributed by atoms with Gasteiger partial charge >= 0.3 is 0 Å². The minimum absolute atomic E-state index is 0.149. The Kier molecular flexibility index (Phi) is 5.53. The largest absolute Gasteiger partial charge is 0.505 e. The molecule has 1 amide bonds. The van der Waals surface area contributed by atoms with Gasteiger partial charge in [-0.15, -0.1) is 0 Å². The van der Waals surface area contributed by atoms with E-state index in [1.807, 2.05) is 79.7 Å². The number of amides is 1. The number of phenols is 1. The van der Waals surface area contributed by atoms with Gasteiger partial charge in [-0.25, -0.2) is 9.97 Å². The third-order valence-electron chi connectivity index (χ3n) is 6.25. The van der Waals surface area contributed by atoms with E-state index in [1.54, 1.807) is 12.0 Å². The highest BCUT2D eigenvalue weighted by molar-refractivity contribution is 6.05. The molecule has 1 aromatic heterocycles. The van der Waals surface area contributed by atoms with Crippen LogP contribution in [0.15, 0.2) is 60.7 Å². The molecule has 0 saturated carbocycles. The zero-order valence-electron chi connectivity index (χ0n) is 19.4. The minimum Gasteiger partial charge on any atom is -0.505 e. The monoisotopic (exact) mass is 454 g/mol. The van der Waals surface area contributed by atoms with Crippen molar-refractivity contribution in [2.45, 2.75) is 13.0 Å². The number of carbonyl (C=O) groups excluding carboxylic acids is 1. The molecule has 0 saturated heterocycles. The van der Waals surface area contributed by atoms with Crippen molar-refractivity contribution < 1.29 is 14.6 Å². The first kappa shape index (κ1) is 21.7. The quantitative estimate of drug-likeness (QED) is 0.496. The number of hydrogen-bond acceptors (Lipinski definition) is 6. The van der Waals surface area contributed by atoms with Crippen LogP contribution < -0.4 is 9.64 Å². The molecule has 0 atom stereocenters. The maximum absolute atomic E-state index is 13.7. The van der Waals surface area contributed by atoms with Gasteiger partial charge in [0.1, 0.15) is 17.2 Å². The highest BCUT2D eigenvalue weighted by Crippen LogP contribution is 2.36. The summed E-state index contributed by atoms with van der Waals surface area (Å²) in [7, 11) is 5.42. The highest BCUT2D eigenvalue weighted by Gasteiger charge is 2.27. The van der Waals surface area contributed by atoms with Crippen LogP contribution in [0.25, 0.3) is 22.3 Å². The molecule has 1 aliphatic heterocycles. The van der Waals surface area contributed by atoms with Crippen molar-refractivity contribution in [2.24, 2.45) is 0 Å². The third-order valence-corrected chi connectivity index (χ3v) is 6.25. The number of phenolic OH excluding ortho intramolecular Hbond substituents is 1. The predicted molar refractivity (Wildman–Crippen MR) is 132 cm³/mol. The molecule has 0 bridgehead atoms. The predicted octanol–water partition coefficient (Wildman–Crippen LogP) is 4.28. The second-order valence-corrected chi connectivity index (χ2v) is 8.59. The van der Waals surface area contributed by atoms with Gasteiger partial charge < -0.3 is 19.6 Å². The van der Waals surface area contributed by atoms with Crippen molar-refractivity contribution in [1.82, 2.24) is 14.9 Å². The highest BCUT2D eigenvalue weighted by atomic mass is 16.5. The van der Waals surface area contributed by atoms with Crippen molar-refractivity contribution in [3.05, 3.63) is 77.5 Å². The standard InChI is InChI=1S/C27H26N4O3/c1-30(2)23-12-11-18-16-31(14-13-20(18)25(23)32)27(33)24-21-9-4-5-10-22(21)28-26(29-24)17-7-6-8-19(15-17)34-3/h4-12,15,32H,13-14,16H2,1-3H3. The topological polar surface area (TPSA) is 78.8 Å². The number of nitrogens with zero attached hydrogens (tertiary/aromatic N) is 4. The van der Waals surface area contributed by atoms with Crippen molar-refractivity contribution in [3.63, 3.8) is 0 Å². The van der Waals surface area contributed by atoms with Gasteiger partial charge in [0.25, 0.3) is 5.91 Å². The average molecular weight is 455 g/mol. The Morgan fingerprint density at radius 3 is 2.68 bits per heavy atom. The summed E-state index contributed by atoms with van der Waals surface area (Å²) < 4.78 is 5.35. The van der Waals surface area contributed by atoms with Crippen LogP contribution in [0, 0.1) is 0 Å². The first-order valence-corrected chi connectivity index (χ1v) is 11.2. The summed E-state index contributed by atoms with van der Waals surface area (Å²) in [4.78, 5) is 26.8. The van der Waals surface area contributed by atoms with Crippen LogP contribution in [-0.4, -0.2) is 53.6 Å². The number of hydrogen-bond donors (Lipinski definition) is 1. The molecule has 3 aromatic carbocycles. The molecule has 0 fully saturated rings. The lowest BCUT2D eigenvalue weighted by Gasteiger charge is -2.30. The molecule has 0 spiro atoms. The second kappa shape index (κ2) is 8.67. The summed E-state index contributed by atoms with van der Waals surface area (Å²) in [5.41, 5.74) is 4.51. The van der Waals surface area contributed by atoms with Crippen molar-refractivity contribution in [2.75, 3.05) is 32.6 Å². The molecule has 7 heteroatoms. The van der Waals surface area contributed by atoms with Gasteiger partial charge in [-0.3, -0.25) is 4.79 Å². The molecule has 0 unspecified atom stereocenters. The van der Waals surface area contributed by atoms with Crippen LogP contribution in [0.1, 0.15) is 21.6 Å². The fourth-order valence-electron chi connectivity index (χ4n) is 4.44. The number of para-hydroxylation sites is 1. The number of carbonyl (C=O) groups is 1. The third kappa shape index (κ3) is 3.79. The lowest BCUT2D eigenvalue weighted by molar-refractivity contribution is 0.0730. The van der Waals surface area contributed by atoms with E-state index in [2.05, 4.69) is 0 Å². The van der Waals surface area contributed by atoms with Crippen LogP contribution in [0.5, 0.6) is 11.5 Å². The Bertz CT molecular complexity index is 1400. The Balaban J connectivity index is 1.54. The van der Waals surface area contributed by atoms with Crippen LogP contribution >= 0.6 is 0 Å². The van der Waals surface area contributed by atoms with Crippen molar-refractivity contribution in [1.29, 1.82) is 0 Å². The number of fused-ring (bicyclic) bond motifs is 2. The number of benzene rings is 3. The molecule has 0 aliphatic carbocycles. The normalized spacial score (nSPS) is 13.0. The minimum atomic E-state index is -0.149. The van der Waals surface area contributed by atoms with Gasteiger partial charge in [-0.1, -0.05) is 36.4 Å². The van der Waals surface area contributed by atoms with Gasteiger partial charge in [0.15, 0.2) is 5.82 Å². The van der Waals surface area contributed by atoms with Gasteiger partial charge in [0.05, 0.1) is 18.3 Å². The summed E-state index contributed by atoms with van der Waals surface area (Å²) in [6.07, 6.45) is 0.584. The fraction of sp³-hybridized carbons (Fsp3) is 0.222. The van der Waals surface area contributed by atoms with Crippen LogP contribution in [-0.2, 0) is 13.0 Å². The molecule has 1 N–H and O–H groups in total. The fourth-order valence-corrected chi connectivity index (χ4v) is 4.44. The van der Waals surface area contributed by atoms with E-state index in [0.717, 1.165) is 27.8 Å². The lowest BCUT2D eigenvalue weighted by atomic mass is 9.97. The van der Waals surface area contributed by atoms with Crippen LogP contribution in [0.2, 0.25) is 0 Å². The zero-order chi connectivity index (χ0) is 23.8. The lowest BCUT2D eigenvalue weighted by Crippen LogP contribution is -2.36. The molecule has 34 heavy (non-hydrogen) atoms. The van der Waals surface area contributed by atoms with Crippen LogP contribution in [0.3, 0.4) is 0 Å². The molecule has 172 valence electrons. The summed E-state index contributed by atoms with van der Waals surface area (Å²) >= 11 is 0. The summed E-state index contributed by atoms with van der Waals surface area (Å²) in [5.74, 6) is 1.32. The van der Waals surface area contributed by atoms with E-state index < -0.39 is 0 Å². The Morgan fingerprint density at radius 1 is 1.06 bits per heavy atom. The summed E-state index contributed by atoms with van der Waals surface area (Å²) in [5, 5.41) is 11.4. The molecular weight excluding hydrogens is 428 g/mol. The Labute approximate surface area is 198 Å². The van der Waals surface area contributed by atoms with Gasteiger partial charge in [-0.2, -0.15) is 0 Å². The zero-order valence-corrected chi connectivity index (χ0v) is 19.4. The molecule has 5 rings (SSSR count). The van der Waals surface area contributed by atoms with Crippen molar-refractivity contribution >= 4 is 22.5 Å². The SMILES string of the molecule is COc1cccc(-c2nc(C(=O)N3CCc4c(ccc(N(C)C)c4O)C3)c3ccccc3n2)c1. The van der Waals surface area contributed by atoms with E-state index in [-0.39, 0.29) is 5.91 Å². The van der Waals surface area contributed by atoms with Gasteiger partial charge in [0.2, 0.25) is 0 Å². The van der Waals surface area contributed by atoms with E-state index in [1.165, 1.54) is 0 Å². The van der Waals surface area contributed by atoms with E-state index in [0.29, 0.717) is 48.0 Å². The second-order valence-electron chi connectivity index (χ2n) is 8.59. The smallest absolute Gasteiger partial charge is 0.273 e. The summed E-state index contributed by atoms with van der Waals surface area (Å²) in [6.45, 7) is 0.922. The van der Waals surface area contributed by atoms with Gasteiger partial charge in [-0.05, 0) is 36.2 Å². The van der Waals surface area contributed by atoms with Crippen molar-refractivity contribution in [3.8, 4) is 22.9 Å². The first-order valence-electron chi connectivity index (χ1n) is 11.2. The van der Waals surface area contributed by atoms with E-state index in [9.17, 15) is 9.90 Å². The van der Waals surface area contributed by atoms with Crippen LogP contribution in [0.4, 0.5) is 5.69 Å². The van der Waals surface area contributed by atoms with E-state index >= 15 is 0 Å². The van der Waals surface area contributed by atoms with E-state index in [4.69, 9.17) is 14.7 Å². The number of rotatable bonds is 4. The summed E-state index contributed by atoms with van der Waals surface area (Å²) in [6, 6.07) is 19.0. The number of ether oxygens (including phenoxy) is 1. The molecule has 2 heterocycles. The van der Waals surface area contributed by atoms with Gasteiger partial charge in [0, 0.05) is 43.7 Å². The Morgan fingerprint density at radius 2 is 1.88 bits per heavy atom. The Hall–Kier alpha value is -4.13.